The van der Waals surface area contributed by atoms with Gasteiger partial charge < -0.3 is 19.7 Å². The summed E-state index contributed by atoms with van der Waals surface area (Å²) in [5.74, 6) is 1.46. The lowest BCUT2D eigenvalue weighted by Gasteiger charge is -2.32. The molecule has 148 valence electrons. The number of amides is 1. The fourth-order valence-corrected chi connectivity index (χ4v) is 3.82. The lowest BCUT2D eigenvalue weighted by Crippen LogP contribution is -2.45. The highest BCUT2D eigenvalue weighted by atomic mass is 19.1. The average molecular weight is 384 g/mol. The molecule has 28 heavy (non-hydrogen) atoms. The molecule has 0 spiro atoms. The number of halogens is 1. The van der Waals surface area contributed by atoms with Crippen LogP contribution in [0.3, 0.4) is 0 Å². The van der Waals surface area contributed by atoms with Gasteiger partial charge in [0.05, 0.1) is 6.54 Å². The van der Waals surface area contributed by atoms with Crippen molar-refractivity contribution in [3.63, 3.8) is 0 Å². The van der Waals surface area contributed by atoms with Crippen molar-refractivity contribution < 1.29 is 18.7 Å². The molecule has 0 saturated carbocycles. The minimum absolute atomic E-state index is 0.147. The molecule has 2 aromatic rings. The van der Waals surface area contributed by atoms with Gasteiger partial charge in [-0.2, -0.15) is 0 Å². The maximum Gasteiger partial charge on any atom is 0.223 e. The van der Waals surface area contributed by atoms with Crippen LogP contribution in [0.5, 0.6) is 11.5 Å². The smallest absolute Gasteiger partial charge is 0.223 e. The van der Waals surface area contributed by atoms with Gasteiger partial charge in [0.25, 0.3) is 0 Å². The number of fused-ring (bicyclic) bond motifs is 1. The Morgan fingerprint density at radius 3 is 2.71 bits per heavy atom. The summed E-state index contributed by atoms with van der Waals surface area (Å²) in [4.78, 5) is 14.3. The Bertz CT molecular complexity index is 812. The van der Waals surface area contributed by atoms with Gasteiger partial charge in [0, 0.05) is 19.0 Å². The quantitative estimate of drug-likeness (QED) is 0.745. The minimum Gasteiger partial charge on any atom is -0.486 e. The van der Waals surface area contributed by atoms with Crippen molar-refractivity contribution in [1.29, 1.82) is 0 Å². The van der Waals surface area contributed by atoms with Crippen molar-refractivity contribution in [2.75, 3.05) is 19.7 Å². The number of nitrogens with zero attached hydrogens (tertiary/aromatic N) is 1. The topological polar surface area (TPSA) is 50.8 Å². The van der Waals surface area contributed by atoms with Crippen LogP contribution in [0.2, 0.25) is 0 Å². The van der Waals surface area contributed by atoms with Crippen molar-refractivity contribution in [1.82, 2.24) is 10.2 Å². The first kappa shape index (κ1) is 18.7. The molecule has 6 heteroatoms. The molecule has 1 N–H and O–H groups in total. The molecule has 2 unspecified atom stereocenters. The highest BCUT2D eigenvalue weighted by molar-refractivity contribution is 5.78. The van der Waals surface area contributed by atoms with E-state index in [1.165, 1.54) is 12.1 Å². The number of ether oxygens (including phenoxy) is 2. The third kappa shape index (κ3) is 4.44. The lowest BCUT2D eigenvalue weighted by molar-refractivity contribution is -0.130. The third-order valence-corrected chi connectivity index (χ3v) is 5.32. The van der Waals surface area contributed by atoms with E-state index in [0.717, 1.165) is 36.4 Å². The molecule has 2 atom stereocenters. The monoisotopic (exact) mass is 384 g/mol. The molecule has 2 aromatic carbocycles. The van der Waals surface area contributed by atoms with Crippen molar-refractivity contribution in [2.24, 2.45) is 0 Å². The van der Waals surface area contributed by atoms with Crippen molar-refractivity contribution in [3.8, 4) is 11.5 Å². The molecule has 1 saturated heterocycles. The number of benzene rings is 2. The number of hydrogen-bond donors (Lipinski definition) is 1. The second-order valence-electron chi connectivity index (χ2n) is 7.33. The second kappa shape index (κ2) is 8.61. The van der Waals surface area contributed by atoms with E-state index in [4.69, 9.17) is 9.47 Å². The number of likely N-dealkylation sites (tertiary alicyclic amines) is 1. The first-order valence-corrected chi connectivity index (χ1v) is 9.82. The van der Waals surface area contributed by atoms with E-state index in [1.54, 1.807) is 12.1 Å². The molecule has 5 nitrogen and oxygen atoms in total. The van der Waals surface area contributed by atoms with E-state index in [-0.39, 0.29) is 23.9 Å². The molecule has 0 aliphatic carbocycles. The molecule has 0 radical (unpaired) electrons. The highest BCUT2D eigenvalue weighted by Crippen LogP contribution is 2.32. The van der Waals surface area contributed by atoms with E-state index < -0.39 is 0 Å². The molecular weight excluding hydrogens is 359 g/mol. The van der Waals surface area contributed by atoms with Gasteiger partial charge in [0.1, 0.15) is 12.4 Å². The summed E-state index contributed by atoms with van der Waals surface area (Å²) >= 11 is 0. The number of hydrogen-bond acceptors (Lipinski definition) is 4. The van der Waals surface area contributed by atoms with Crippen LogP contribution >= 0.6 is 0 Å². The zero-order valence-corrected chi connectivity index (χ0v) is 15.8. The first-order valence-electron chi connectivity index (χ1n) is 9.82. The Hall–Kier alpha value is -2.60. The van der Waals surface area contributed by atoms with Crippen LogP contribution in [-0.2, 0) is 11.3 Å². The summed E-state index contributed by atoms with van der Waals surface area (Å²) in [7, 11) is 0. The van der Waals surface area contributed by atoms with E-state index in [9.17, 15) is 9.18 Å². The molecule has 4 rings (SSSR count). The van der Waals surface area contributed by atoms with Gasteiger partial charge in [-0.15, -0.1) is 0 Å². The number of rotatable bonds is 7. The zero-order chi connectivity index (χ0) is 19.3. The van der Waals surface area contributed by atoms with Crippen molar-refractivity contribution >= 4 is 5.91 Å². The van der Waals surface area contributed by atoms with Crippen LogP contribution in [0.25, 0.3) is 0 Å². The summed E-state index contributed by atoms with van der Waals surface area (Å²) in [6.45, 7) is 2.50. The predicted octanol–water partition coefficient (Wildman–Crippen LogP) is 3.14. The van der Waals surface area contributed by atoms with E-state index in [1.807, 2.05) is 29.2 Å². The largest absolute Gasteiger partial charge is 0.486 e. The lowest BCUT2D eigenvalue weighted by atomic mass is 10.1. The Kier molecular flexibility index (Phi) is 5.76. The van der Waals surface area contributed by atoms with Gasteiger partial charge in [0.15, 0.2) is 17.6 Å². The van der Waals surface area contributed by atoms with Crippen molar-refractivity contribution in [2.45, 2.75) is 38.0 Å². The number of nitrogens with one attached hydrogen (secondary N) is 1. The number of carbonyl (C=O) groups is 1. The standard InChI is InChI=1S/C22H25FN2O3/c23-17-7-5-16(6-8-17)13-24-12-11-18-9-10-22(26)25(18)14-19-15-27-20-3-1-2-4-21(20)28-19/h1-8,18-19,24H,9-15H2. The minimum atomic E-state index is -0.222. The Balaban J connectivity index is 1.26. The van der Waals surface area contributed by atoms with E-state index >= 15 is 0 Å². The Labute approximate surface area is 164 Å². The summed E-state index contributed by atoms with van der Waals surface area (Å²) in [5.41, 5.74) is 1.05. The van der Waals surface area contributed by atoms with Crippen molar-refractivity contribution in [3.05, 3.63) is 59.9 Å². The maximum absolute atomic E-state index is 13.0. The molecule has 0 aromatic heterocycles. The maximum atomic E-state index is 13.0. The van der Waals surface area contributed by atoms with Gasteiger partial charge >= 0.3 is 0 Å². The van der Waals surface area contributed by atoms with Crippen LogP contribution in [-0.4, -0.2) is 42.6 Å². The summed E-state index contributed by atoms with van der Waals surface area (Å²) in [6, 6.07) is 14.3. The zero-order valence-electron chi connectivity index (χ0n) is 15.8. The highest BCUT2D eigenvalue weighted by Gasteiger charge is 2.34. The van der Waals surface area contributed by atoms with Gasteiger partial charge in [-0.1, -0.05) is 24.3 Å². The Morgan fingerprint density at radius 1 is 1.11 bits per heavy atom. The SMILES string of the molecule is O=C1CCC(CCNCc2ccc(F)cc2)N1CC1COc2ccccc2O1. The molecule has 2 heterocycles. The molecule has 2 aliphatic heterocycles. The third-order valence-electron chi connectivity index (χ3n) is 5.32. The normalized spacial score (nSPS) is 21.2. The van der Waals surface area contributed by atoms with E-state index in [0.29, 0.717) is 26.1 Å². The van der Waals surface area contributed by atoms with Crippen LogP contribution in [0, 0.1) is 5.82 Å². The molecule has 2 aliphatic rings. The molecular formula is C22H25FN2O3. The summed E-state index contributed by atoms with van der Waals surface area (Å²) < 4.78 is 24.7. The second-order valence-corrected chi connectivity index (χ2v) is 7.33. The molecule has 0 bridgehead atoms. The van der Waals surface area contributed by atoms with E-state index in [2.05, 4.69) is 5.32 Å². The predicted molar refractivity (Wildman–Crippen MR) is 104 cm³/mol. The number of para-hydroxylation sites is 2. The van der Waals surface area contributed by atoms with Gasteiger partial charge in [0.2, 0.25) is 5.91 Å². The molecule has 1 fully saturated rings. The van der Waals surface area contributed by atoms with Gasteiger partial charge in [-0.05, 0) is 49.2 Å². The van der Waals surface area contributed by atoms with Crippen LogP contribution < -0.4 is 14.8 Å². The first-order chi connectivity index (χ1) is 13.7. The fraction of sp³-hybridized carbons (Fsp3) is 0.409. The van der Waals surface area contributed by atoms with Crippen LogP contribution in [0.4, 0.5) is 4.39 Å². The van der Waals surface area contributed by atoms with Gasteiger partial charge in [-0.25, -0.2) is 4.39 Å². The van der Waals surface area contributed by atoms with Crippen LogP contribution in [0.1, 0.15) is 24.8 Å². The summed E-state index contributed by atoms with van der Waals surface area (Å²) in [6.07, 6.45) is 2.21. The Morgan fingerprint density at radius 2 is 1.89 bits per heavy atom. The number of carbonyl (C=O) groups excluding carboxylic acids is 1. The van der Waals surface area contributed by atoms with Gasteiger partial charge in [-0.3, -0.25) is 4.79 Å². The average Bonchev–Trinajstić information content (AvgIpc) is 3.06. The molecule has 1 amide bonds. The van der Waals surface area contributed by atoms with Crippen LogP contribution in [0.15, 0.2) is 48.5 Å². The fourth-order valence-electron chi connectivity index (χ4n) is 3.82. The summed E-state index contributed by atoms with van der Waals surface area (Å²) in [5, 5.41) is 3.38.